The Morgan fingerprint density at radius 3 is 3.17 bits per heavy atom. The summed E-state index contributed by atoms with van der Waals surface area (Å²) in [5.74, 6) is 0.509. The number of nitrogens with zero attached hydrogens (tertiary/aromatic N) is 1. The summed E-state index contributed by atoms with van der Waals surface area (Å²) in [6, 6.07) is 0. The second kappa shape index (κ2) is 2.77. The Hall–Kier alpha value is -1.06. The van der Waals surface area contributed by atoms with Crippen molar-refractivity contribution in [3.63, 3.8) is 0 Å². The molecule has 0 aromatic heterocycles. The van der Waals surface area contributed by atoms with Crippen LogP contribution in [0.1, 0.15) is 25.7 Å². The lowest BCUT2D eigenvalue weighted by Gasteiger charge is -2.06. The lowest BCUT2D eigenvalue weighted by molar-refractivity contribution is 0.0528. The van der Waals surface area contributed by atoms with Gasteiger partial charge < -0.3 is 9.84 Å². The highest BCUT2D eigenvalue weighted by molar-refractivity contribution is 5.90. The third kappa shape index (κ3) is 1.29. The monoisotopic (exact) mass is 169 g/mol. The minimum atomic E-state index is -1.22. The predicted octanol–water partition coefficient (Wildman–Crippen LogP) is 1.65. The molecule has 1 fully saturated rings. The highest BCUT2D eigenvalue weighted by atomic mass is 16.7. The molecule has 0 bridgehead atoms. The lowest BCUT2D eigenvalue weighted by atomic mass is 10.1. The summed E-state index contributed by atoms with van der Waals surface area (Å²) in [6.45, 7) is 0. The van der Waals surface area contributed by atoms with E-state index >= 15 is 0 Å². The van der Waals surface area contributed by atoms with Gasteiger partial charge in [0.25, 0.3) is 0 Å². The fourth-order valence-corrected chi connectivity index (χ4v) is 2.00. The van der Waals surface area contributed by atoms with Crippen LogP contribution in [0, 0.1) is 5.92 Å². The van der Waals surface area contributed by atoms with Gasteiger partial charge in [-0.05, 0) is 19.3 Å². The maximum Gasteiger partial charge on any atom is 0.507 e. The molecule has 2 unspecified atom stereocenters. The quantitative estimate of drug-likeness (QED) is 0.607. The van der Waals surface area contributed by atoms with Crippen LogP contribution in [0.25, 0.3) is 0 Å². The summed E-state index contributed by atoms with van der Waals surface area (Å²) in [5, 5.41) is 8.35. The summed E-state index contributed by atoms with van der Waals surface area (Å²) >= 11 is 0. The summed E-state index contributed by atoms with van der Waals surface area (Å²) in [5.41, 5.74) is 1.17. The molecule has 2 rings (SSSR count). The van der Waals surface area contributed by atoms with E-state index in [1.54, 1.807) is 0 Å². The van der Waals surface area contributed by atoms with Crippen LogP contribution >= 0.6 is 0 Å². The first kappa shape index (κ1) is 7.58. The van der Waals surface area contributed by atoms with E-state index < -0.39 is 12.4 Å². The highest BCUT2D eigenvalue weighted by Crippen LogP contribution is 2.33. The van der Waals surface area contributed by atoms with E-state index in [4.69, 9.17) is 5.11 Å². The van der Waals surface area contributed by atoms with E-state index in [2.05, 4.69) is 9.73 Å². The van der Waals surface area contributed by atoms with Crippen LogP contribution in [-0.2, 0) is 4.74 Å². The van der Waals surface area contributed by atoms with Gasteiger partial charge in [0.2, 0.25) is 0 Å². The SMILES string of the molecule is O=C(O)OC1CC2CCCC2=N1. The van der Waals surface area contributed by atoms with Crippen LogP contribution in [0.3, 0.4) is 0 Å². The molecule has 0 aromatic rings. The maximum atomic E-state index is 10.2. The van der Waals surface area contributed by atoms with Gasteiger partial charge in [0.15, 0.2) is 6.23 Å². The largest absolute Gasteiger partial charge is 0.507 e. The Morgan fingerprint density at radius 2 is 2.50 bits per heavy atom. The van der Waals surface area contributed by atoms with Crippen LogP contribution in [-0.4, -0.2) is 23.2 Å². The topological polar surface area (TPSA) is 58.9 Å². The van der Waals surface area contributed by atoms with Crippen LogP contribution in [0.5, 0.6) is 0 Å². The summed E-state index contributed by atoms with van der Waals surface area (Å²) < 4.78 is 4.58. The lowest BCUT2D eigenvalue weighted by Crippen LogP contribution is -2.12. The predicted molar refractivity (Wildman–Crippen MR) is 42.3 cm³/mol. The fraction of sp³-hybridized carbons (Fsp3) is 0.750. The van der Waals surface area contributed by atoms with Gasteiger partial charge in [-0.25, -0.2) is 4.79 Å². The van der Waals surface area contributed by atoms with E-state index in [0.29, 0.717) is 5.92 Å². The Kier molecular flexibility index (Phi) is 1.75. The van der Waals surface area contributed by atoms with Crippen LogP contribution in [0.2, 0.25) is 0 Å². The van der Waals surface area contributed by atoms with Gasteiger partial charge in [0.1, 0.15) is 0 Å². The van der Waals surface area contributed by atoms with Crippen molar-refractivity contribution < 1.29 is 14.6 Å². The van der Waals surface area contributed by atoms with E-state index in [-0.39, 0.29) is 0 Å². The van der Waals surface area contributed by atoms with E-state index in [1.807, 2.05) is 0 Å². The van der Waals surface area contributed by atoms with Crippen molar-refractivity contribution in [1.29, 1.82) is 0 Å². The smallest absolute Gasteiger partial charge is 0.450 e. The zero-order chi connectivity index (χ0) is 8.55. The van der Waals surface area contributed by atoms with Gasteiger partial charge in [-0.3, -0.25) is 4.99 Å². The standard InChI is InChI=1S/C8H11NO3/c10-8(11)12-7-4-5-2-1-3-6(5)9-7/h5,7H,1-4H2,(H,10,11). The van der Waals surface area contributed by atoms with Gasteiger partial charge >= 0.3 is 6.16 Å². The Balaban J connectivity index is 1.97. The molecule has 1 saturated carbocycles. The van der Waals surface area contributed by atoms with Crippen LogP contribution in [0.4, 0.5) is 4.79 Å². The molecule has 0 aromatic carbocycles. The zero-order valence-corrected chi connectivity index (χ0v) is 6.69. The fourth-order valence-electron chi connectivity index (χ4n) is 2.00. The molecule has 0 amide bonds. The van der Waals surface area contributed by atoms with Crippen LogP contribution < -0.4 is 0 Å². The summed E-state index contributed by atoms with van der Waals surface area (Å²) in [7, 11) is 0. The minimum absolute atomic E-state index is 0.414. The maximum absolute atomic E-state index is 10.2. The molecule has 4 heteroatoms. The zero-order valence-electron chi connectivity index (χ0n) is 6.69. The van der Waals surface area contributed by atoms with E-state index in [9.17, 15) is 4.79 Å². The molecule has 12 heavy (non-hydrogen) atoms. The highest BCUT2D eigenvalue weighted by Gasteiger charge is 2.33. The van der Waals surface area contributed by atoms with Crippen molar-refractivity contribution in [1.82, 2.24) is 0 Å². The third-order valence-electron chi connectivity index (χ3n) is 2.49. The molecule has 1 aliphatic heterocycles. The van der Waals surface area contributed by atoms with Crippen molar-refractivity contribution in [2.24, 2.45) is 10.9 Å². The van der Waals surface area contributed by atoms with Gasteiger partial charge in [-0.15, -0.1) is 0 Å². The van der Waals surface area contributed by atoms with Crippen molar-refractivity contribution in [3.05, 3.63) is 0 Å². The second-order valence-electron chi connectivity index (χ2n) is 3.28. The molecule has 4 nitrogen and oxygen atoms in total. The average molecular weight is 169 g/mol. The van der Waals surface area contributed by atoms with Crippen molar-refractivity contribution >= 4 is 11.9 Å². The Labute approximate surface area is 70.2 Å². The number of hydrogen-bond donors (Lipinski definition) is 1. The molecule has 0 saturated heterocycles. The number of fused-ring (bicyclic) bond motifs is 1. The van der Waals surface area contributed by atoms with Gasteiger partial charge in [0.05, 0.1) is 0 Å². The molecule has 2 aliphatic rings. The Morgan fingerprint density at radius 1 is 1.67 bits per heavy atom. The molecular weight excluding hydrogens is 158 g/mol. The minimum Gasteiger partial charge on any atom is -0.450 e. The summed E-state index contributed by atoms with van der Waals surface area (Å²) in [6.07, 6.45) is 2.51. The van der Waals surface area contributed by atoms with Crippen molar-refractivity contribution in [2.75, 3.05) is 0 Å². The van der Waals surface area contributed by atoms with Crippen molar-refractivity contribution in [3.8, 4) is 0 Å². The first-order valence-electron chi connectivity index (χ1n) is 4.22. The molecule has 0 radical (unpaired) electrons. The van der Waals surface area contributed by atoms with Gasteiger partial charge in [-0.1, -0.05) is 0 Å². The number of rotatable bonds is 1. The Bertz CT molecular complexity index is 236. The van der Waals surface area contributed by atoms with E-state index in [0.717, 1.165) is 19.3 Å². The molecule has 1 aliphatic carbocycles. The second-order valence-corrected chi connectivity index (χ2v) is 3.28. The molecule has 1 N–H and O–H groups in total. The average Bonchev–Trinajstić information content (AvgIpc) is 2.43. The first-order chi connectivity index (χ1) is 5.75. The first-order valence-corrected chi connectivity index (χ1v) is 4.22. The van der Waals surface area contributed by atoms with Crippen LogP contribution in [0.15, 0.2) is 4.99 Å². The number of aliphatic imine (C=N–C) groups is 1. The number of carboxylic acid groups (broad SMARTS) is 1. The van der Waals surface area contributed by atoms with E-state index in [1.165, 1.54) is 12.1 Å². The molecule has 0 spiro atoms. The van der Waals surface area contributed by atoms with Gasteiger partial charge in [0, 0.05) is 18.1 Å². The van der Waals surface area contributed by atoms with Crippen molar-refractivity contribution in [2.45, 2.75) is 31.9 Å². The summed E-state index contributed by atoms with van der Waals surface area (Å²) in [4.78, 5) is 14.4. The molecule has 2 atom stereocenters. The number of carbonyl (C=O) groups is 1. The molecule has 1 heterocycles. The third-order valence-corrected chi connectivity index (χ3v) is 2.49. The number of hydrogen-bond acceptors (Lipinski definition) is 3. The molecular formula is C8H11NO3. The normalized spacial score (nSPS) is 32.8. The molecule has 66 valence electrons. The van der Waals surface area contributed by atoms with Gasteiger partial charge in [-0.2, -0.15) is 0 Å². The number of ether oxygens (including phenoxy) is 1.